The lowest BCUT2D eigenvalue weighted by atomic mass is 9.80. The second-order valence-corrected chi connectivity index (χ2v) is 10.7. The number of aromatic hydroxyl groups is 1. The quantitative estimate of drug-likeness (QED) is 0.285. The Bertz CT molecular complexity index is 1200. The highest BCUT2D eigenvalue weighted by atomic mass is 32.2. The molecule has 0 radical (unpaired) electrons. The van der Waals surface area contributed by atoms with Crippen LogP contribution in [-0.2, 0) is 10.0 Å². The van der Waals surface area contributed by atoms with Crippen LogP contribution in [0, 0.1) is 5.92 Å². The van der Waals surface area contributed by atoms with Crippen molar-refractivity contribution in [2.45, 2.75) is 31.4 Å². The van der Waals surface area contributed by atoms with E-state index < -0.39 is 22.2 Å². The first kappa shape index (κ1) is 27.3. The number of aliphatic hydroxyl groups is 1. The Labute approximate surface area is 212 Å². The first-order valence-corrected chi connectivity index (χ1v) is 13.4. The lowest BCUT2D eigenvalue weighted by Gasteiger charge is -2.29. The van der Waals surface area contributed by atoms with Crippen molar-refractivity contribution in [2.24, 2.45) is 11.7 Å². The van der Waals surface area contributed by atoms with E-state index in [1.807, 2.05) is 55.5 Å². The number of sulfonamides is 1. The molecule has 0 aliphatic rings. The fraction of sp³-hybridized carbons (Fsp3) is 0.333. The van der Waals surface area contributed by atoms with Crippen molar-refractivity contribution in [1.29, 1.82) is 0 Å². The third-order valence-corrected chi connectivity index (χ3v) is 6.91. The zero-order valence-corrected chi connectivity index (χ0v) is 21.7. The number of phenolic OH excluding ortho intramolecular Hbond substituents is 1. The minimum absolute atomic E-state index is 0.00246. The SMILES string of the molecule is COc1ccc(C(C[C@@H](C)C(N)[C@H](O)c2ccc(O)c(NS(C)(=O)=O)c2)c2ccc(OC)cc2)cc1. The molecule has 0 saturated carbocycles. The average molecular weight is 515 g/mol. The molecule has 1 unspecified atom stereocenters. The number of hydrogen-bond acceptors (Lipinski definition) is 7. The fourth-order valence-electron chi connectivity index (χ4n) is 4.22. The van der Waals surface area contributed by atoms with Crippen LogP contribution >= 0.6 is 0 Å². The molecular weight excluding hydrogens is 480 g/mol. The van der Waals surface area contributed by atoms with E-state index in [4.69, 9.17) is 15.2 Å². The predicted molar refractivity (Wildman–Crippen MR) is 141 cm³/mol. The normalized spacial score (nSPS) is 14.2. The molecule has 36 heavy (non-hydrogen) atoms. The summed E-state index contributed by atoms with van der Waals surface area (Å²) in [6, 6.07) is 19.4. The minimum Gasteiger partial charge on any atom is -0.506 e. The molecule has 3 rings (SSSR count). The molecule has 0 aromatic heterocycles. The van der Waals surface area contributed by atoms with Gasteiger partial charge in [-0.25, -0.2) is 8.42 Å². The highest BCUT2D eigenvalue weighted by molar-refractivity contribution is 7.92. The number of nitrogens with two attached hydrogens (primary N) is 1. The van der Waals surface area contributed by atoms with E-state index in [-0.39, 0.29) is 23.3 Å². The Balaban J connectivity index is 1.86. The van der Waals surface area contributed by atoms with E-state index in [2.05, 4.69) is 4.72 Å². The van der Waals surface area contributed by atoms with Crippen LogP contribution in [0.1, 0.15) is 42.1 Å². The van der Waals surface area contributed by atoms with Gasteiger partial charge in [-0.2, -0.15) is 0 Å². The van der Waals surface area contributed by atoms with Crippen molar-refractivity contribution in [1.82, 2.24) is 0 Å². The van der Waals surface area contributed by atoms with E-state index in [9.17, 15) is 18.6 Å². The van der Waals surface area contributed by atoms with Crippen LogP contribution in [0.25, 0.3) is 0 Å². The summed E-state index contributed by atoms with van der Waals surface area (Å²) in [5, 5.41) is 21.1. The first-order valence-electron chi connectivity index (χ1n) is 11.5. The van der Waals surface area contributed by atoms with Gasteiger partial charge in [-0.1, -0.05) is 37.3 Å². The summed E-state index contributed by atoms with van der Waals surface area (Å²) in [6.07, 6.45) is 0.554. The molecule has 9 heteroatoms. The molecule has 5 N–H and O–H groups in total. The van der Waals surface area contributed by atoms with Gasteiger partial charge < -0.3 is 25.4 Å². The number of rotatable bonds is 11. The summed E-state index contributed by atoms with van der Waals surface area (Å²) in [4.78, 5) is 0. The number of methoxy groups -OCH3 is 2. The zero-order valence-electron chi connectivity index (χ0n) is 20.9. The summed E-state index contributed by atoms with van der Waals surface area (Å²) in [5.74, 6) is 1.15. The molecule has 0 fully saturated rings. The van der Waals surface area contributed by atoms with Crippen LogP contribution in [0.2, 0.25) is 0 Å². The number of benzene rings is 3. The summed E-state index contributed by atoms with van der Waals surface area (Å²) in [5.41, 5.74) is 9.07. The van der Waals surface area contributed by atoms with E-state index in [1.165, 1.54) is 18.2 Å². The number of ether oxygens (including phenoxy) is 2. The van der Waals surface area contributed by atoms with E-state index in [0.717, 1.165) is 28.9 Å². The Morgan fingerprint density at radius 1 is 0.889 bits per heavy atom. The van der Waals surface area contributed by atoms with Gasteiger partial charge in [0.05, 0.1) is 32.3 Å². The van der Waals surface area contributed by atoms with E-state index in [1.54, 1.807) is 14.2 Å². The van der Waals surface area contributed by atoms with Gasteiger partial charge in [0.1, 0.15) is 17.2 Å². The van der Waals surface area contributed by atoms with Gasteiger partial charge in [0.25, 0.3) is 0 Å². The maximum Gasteiger partial charge on any atom is 0.229 e. The van der Waals surface area contributed by atoms with Crippen molar-refractivity contribution in [3.8, 4) is 17.2 Å². The number of aliphatic hydroxyl groups excluding tert-OH is 1. The van der Waals surface area contributed by atoms with Crippen molar-refractivity contribution in [3.05, 3.63) is 83.4 Å². The molecule has 0 saturated heterocycles. The van der Waals surface area contributed by atoms with Crippen LogP contribution in [0.15, 0.2) is 66.7 Å². The van der Waals surface area contributed by atoms with E-state index in [0.29, 0.717) is 12.0 Å². The van der Waals surface area contributed by atoms with Crippen molar-refractivity contribution >= 4 is 15.7 Å². The van der Waals surface area contributed by atoms with Crippen LogP contribution < -0.4 is 19.9 Å². The number of anilines is 1. The van der Waals surface area contributed by atoms with Crippen molar-refractivity contribution in [3.63, 3.8) is 0 Å². The smallest absolute Gasteiger partial charge is 0.229 e. The van der Waals surface area contributed by atoms with Crippen LogP contribution in [-0.4, -0.2) is 45.1 Å². The molecule has 3 atom stereocenters. The minimum atomic E-state index is -3.61. The Morgan fingerprint density at radius 3 is 1.81 bits per heavy atom. The van der Waals surface area contributed by atoms with Gasteiger partial charge in [-0.15, -0.1) is 0 Å². The predicted octanol–water partition coefficient (Wildman–Crippen LogP) is 4.00. The third-order valence-electron chi connectivity index (χ3n) is 6.32. The van der Waals surface area contributed by atoms with Gasteiger partial charge in [0.15, 0.2) is 0 Å². The number of nitrogens with one attached hydrogen (secondary N) is 1. The molecule has 3 aromatic carbocycles. The zero-order chi connectivity index (χ0) is 26.5. The van der Waals surface area contributed by atoms with Gasteiger partial charge >= 0.3 is 0 Å². The molecule has 0 amide bonds. The largest absolute Gasteiger partial charge is 0.506 e. The van der Waals surface area contributed by atoms with Crippen LogP contribution in [0.5, 0.6) is 17.2 Å². The molecule has 0 aliphatic carbocycles. The third kappa shape index (κ3) is 6.90. The van der Waals surface area contributed by atoms with Gasteiger partial charge in [0, 0.05) is 12.0 Å². The fourth-order valence-corrected chi connectivity index (χ4v) is 4.78. The average Bonchev–Trinajstić information content (AvgIpc) is 2.87. The molecule has 3 aromatic rings. The molecule has 0 heterocycles. The number of hydrogen-bond donors (Lipinski definition) is 4. The van der Waals surface area contributed by atoms with Crippen molar-refractivity contribution < 1.29 is 28.1 Å². The van der Waals surface area contributed by atoms with Crippen LogP contribution in [0.3, 0.4) is 0 Å². The lowest BCUT2D eigenvalue weighted by Crippen LogP contribution is -2.36. The van der Waals surface area contributed by atoms with Gasteiger partial charge in [0.2, 0.25) is 10.0 Å². The molecule has 0 spiro atoms. The molecule has 0 aliphatic heterocycles. The molecular formula is C27H34N2O6S. The Hall–Kier alpha value is -3.27. The Kier molecular flexibility index (Phi) is 8.84. The van der Waals surface area contributed by atoms with Gasteiger partial charge in [-0.3, -0.25) is 4.72 Å². The highest BCUT2D eigenvalue weighted by Gasteiger charge is 2.27. The van der Waals surface area contributed by atoms with Crippen molar-refractivity contribution in [2.75, 3.05) is 25.2 Å². The maximum absolute atomic E-state index is 11.6. The summed E-state index contributed by atoms with van der Waals surface area (Å²) >= 11 is 0. The molecule has 194 valence electrons. The lowest BCUT2D eigenvalue weighted by molar-refractivity contribution is 0.118. The standard InChI is InChI=1S/C27H34N2O6S/c1-17(26(28)27(31)20-9-14-25(30)24(16-20)29-36(4,32)33)15-23(18-5-10-21(34-2)11-6-18)19-7-12-22(35-3)13-8-19/h5-14,16-17,23,26-27,29-31H,15,28H2,1-4H3/t17-,26?,27-/m1/s1. The highest BCUT2D eigenvalue weighted by Crippen LogP contribution is 2.36. The summed E-state index contributed by atoms with van der Waals surface area (Å²) in [7, 11) is -0.360. The Morgan fingerprint density at radius 2 is 1.36 bits per heavy atom. The van der Waals surface area contributed by atoms with Gasteiger partial charge in [-0.05, 0) is 65.4 Å². The maximum atomic E-state index is 11.6. The summed E-state index contributed by atoms with van der Waals surface area (Å²) < 4.78 is 36.1. The molecule has 8 nitrogen and oxygen atoms in total. The number of phenols is 1. The second-order valence-electron chi connectivity index (χ2n) is 8.98. The molecule has 0 bridgehead atoms. The first-order chi connectivity index (χ1) is 17.0. The van der Waals surface area contributed by atoms with E-state index >= 15 is 0 Å². The topological polar surface area (TPSA) is 131 Å². The van der Waals surface area contributed by atoms with Crippen LogP contribution in [0.4, 0.5) is 5.69 Å². The second kappa shape index (κ2) is 11.6. The monoisotopic (exact) mass is 514 g/mol. The summed E-state index contributed by atoms with van der Waals surface area (Å²) in [6.45, 7) is 1.98.